The number of hydrogen-bond donors (Lipinski definition) is 2. The third-order valence-corrected chi connectivity index (χ3v) is 6.71. The van der Waals surface area contributed by atoms with E-state index in [0.717, 1.165) is 37.0 Å². The fourth-order valence-corrected chi connectivity index (χ4v) is 6.12. The van der Waals surface area contributed by atoms with E-state index in [0.29, 0.717) is 10.6 Å². The number of carbonyl (C=O) groups excluding carboxylic acids is 2. The van der Waals surface area contributed by atoms with E-state index in [1.54, 1.807) is 13.1 Å². The molecule has 22 heavy (non-hydrogen) atoms. The van der Waals surface area contributed by atoms with Gasteiger partial charge in [-0.2, -0.15) is 0 Å². The maximum Gasteiger partial charge on any atom is 0.254 e. The van der Waals surface area contributed by atoms with Crippen LogP contribution in [0.15, 0.2) is 11.4 Å². The quantitative estimate of drug-likeness (QED) is 0.898. The van der Waals surface area contributed by atoms with Crippen LogP contribution in [0.4, 0.5) is 5.00 Å². The van der Waals surface area contributed by atoms with Crippen LogP contribution in [0.25, 0.3) is 0 Å². The molecule has 118 valence electrons. The van der Waals surface area contributed by atoms with Crippen molar-refractivity contribution in [3.63, 3.8) is 0 Å². The molecule has 5 heteroatoms. The molecule has 2 amide bonds. The van der Waals surface area contributed by atoms with E-state index >= 15 is 0 Å². The lowest BCUT2D eigenvalue weighted by molar-refractivity contribution is -0.140. The molecule has 4 fully saturated rings. The summed E-state index contributed by atoms with van der Waals surface area (Å²) in [6.07, 6.45) is 7.13. The van der Waals surface area contributed by atoms with Crippen molar-refractivity contribution in [3.05, 3.63) is 17.0 Å². The topological polar surface area (TPSA) is 58.2 Å². The molecule has 1 aromatic heterocycles. The molecular weight excluding hydrogens is 296 g/mol. The third-order valence-electron chi connectivity index (χ3n) is 5.88. The second-order valence-electron chi connectivity index (χ2n) is 7.39. The van der Waals surface area contributed by atoms with E-state index in [4.69, 9.17) is 0 Å². The summed E-state index contributed by atoms with van der Waals surface area (Å²) in [5.74, 6) is 2.26. The molecule has 4 saturated carbocycles. The van der Waals surface area contributed by atoms with Crippen LogP contribution in [-0.2, 0) is 4.79 Å². The van der Waals surface area contributed by atoms with E-state index in [1.165, 1.54) is 30.6 Å². The fraction of sp³-hybridized carbons (Fsp3) is 0.647. The van der Waals surface area contributed by atoms with Gasteiger partial charge in [-0.1, -0.05) is 0 Å². The number of nitrogens with one attached hydrogen (secondary N) is 2. The second kappa shape index (κ2) is 5.08. The normalized spacial score (nSPS) is 35.4. The molecule has 4 nitrogen and oxygen atoms in total. The lowest BCUT2D eigenvalue weighted by Gasteiger charge is -2.55. The molecule has 0 spiro atoms. The average molecular weight is 318 g/mol. The van der Waals surface area contributed by atoms with Crippen molar-refractivity contribution in [3.8, 4) is 0 Å². The molecule has 5 rings (SSSR count). The van der Waals surface area contributed by atoms with Crippen molar-refractivity contribution in [1.29, 1.82) is 0 Å². The maximum atomic E-state index is 13.0. The van der Waals surface area contributed by atoms with Gasteiger partial charge in [0.1, 0.15) is 5.00 Å². The van der Waals surface area contributed by atoms with Crippen molar-refractivity contribution >= 4 is 28.2 Å². The minimum absolute atomic E-state index is 0.137. The van der Waals surface area contributed by atoms with Gasteiger partial charge in [-0.25, -0.2) is 0 Å². The monoisotopic (exact) mass is 318 g/mol. The molecule has 0 aromatic carbocycles. The van der Waals surface area contributed by atoms with Crippen molar-refractivity contribution in [2.24, 2.45) is 23.2 Å². The Bertz CT molecular complexity index is 587. The standard InChI is InChI=1S/C17H22N2O2S/c1-18-14(20)13-2-3-22-15(13)19-16(21)17-7-10-4-11(8-17)6-12(5-10)9-17/h2-3,10-12H,4-9H2,1H3,(H,18,20)(H,19,21). The maximum absolute atomic E-state index is 13.0. The van der Waals surface area contributed by atoms with Crippen LogP contribution >= 0.6 is 11.3 Å². The summed E-state index contributed by atoms with van der Waals surface area (Å²) in [7, 11) is 1.62. The Labute approximate surface area is 134 Å². The molecule has 0 unspecified atom stereocenters. The predicted molar refractivity (Wildman–Crippen MR) is 86.9 cm³/mol. The number of rotatable bonds is 3. The molecule has 2 N–H and O–H groups in total. The van der Waals surface area contributed by atoms with E-state index in [1.807, 2.05) is 5.38 Å². The first-order valence-electron chi connectivity index (χ1n) is 8.20. The number of anilines is 1. The smallest absolute Gasteiger partial charge is 0.254 e. The fourth-order valence-electron chi connectivity index (χ4n) is 5.34. The van der Waals surface area contributed by atoms with Gasteiger partial charge < -0.3 is 10.6 Å². The summed E-state index contributed by atoms with van der Waals surface area (Å²) < 4.78 is 0. The molecule has 4 aliphatic rings. The average Bonchev–Trinajstić information content (AvgIpc) is 2.93. The van der Waals surface area contributed by atoms with Crippen LogP contribution in [-0.4, -0.2) is 18.9 Å². The zero-order valence-corrected chi connectivity index (χ0v) is 13.7. The summed E-state index contributed by atoms with van der Waals surface area (Å²) in [5, 5.41) is 8.27. The number of hydrogen-bond acceptors (Lipinski definition) is 3. The SMILES string of the molecule is CNC(=O)c1ccsc1NC(=O)C12CC3CC(CC(C3)C1)C2. The minimum Gasteiger partial charge on any atom is -0.355 e. The van der Waals surface area contributed by atoms with E-state index < -0.39 is 0 Å². The van der Waals surface area contributed by atoms with Crippen molar-refractivity contribution in [1.82, 2.24) is 5.32 Å². The van der Waals surface area contributed by atoms with Crippen LogP contribution in [0.3, 0.4) is 0 Å². The second-order valence-corrected chi connectivity index (χ2v) is 8.31. The summed E-state index contributed by atoms with van der Waals surface area (Å²) in [5.41, 5.74) is 0.407. The first kappa shape index (κ1) is 14.2. The van der Waals surface area contributed by atoms with E-state index in [-0.39, 0.29) is 17.2 Å². The molecule has 0 aliphatic heterocycles. The highest BCUT2D eigenvalue weighted by molar-refractivity contribution is 7.14. The molecular formula is C17H22N2O2S. The van der Waals surface area contributed by atoms with Crippen LogP contribution in [0.5, 0.6) is 0 Å². The molecule has 4 bridgehead atoms. The Kier molecular flexibility index (Phi) is 3.29. The van der Waals surface area contributed by atoms with Crippen LogP contribution in [0.1, 0.15) is 48.9 Å². The number of carbonyl (C=O) groups is 2. The van der Waals surface area contributed by atoms with Gasteiger partial charge in [-0.05, 0) is 67.7 Å². The highest BCUT2D eigenvalue weighted by atomic mass is 32.1. The lowest BCUT2D eigenvalue weighted by atomic mass is 9.49. The van der Waals surface area contributed by atoms with Gasteiger partial charge in [-0.15, -0.1) is 11.3 Å². The number of thiophene rings is 1. The van der Waals surface area contributed by atoms with Crippen molar-refractivity contribution in [2.45, 2.75) is 38.5 Å². The molecule has 1 heterocycles. The van der Waals surface area contributed by atoms with Gasteiger partial charge in [0, 0.05) is 7.05 Å². The van der Waals surface area contributed by atoms with E-state index in [2.05, 4.69) is 10.6 Å². The Morgan fingerprint density at radius 1 is 1.14 bits per heavy atom. The van der Waals surface area contributed by atoms with Crippen LogP contribution in [0, 0.1) is 23.2 Å². The zero-order chi connectivity index (χ0) is 15.3. The zero-order valence-electron chi connectivity index (χ0n) is 12.9. The van der Waals surface area contributed by atoms with Gasteiger partial charge >= 0.3 is 0 Å². The summed E-state index contributed by atoms with van der Waals surface area (Å²) in [6.45, 7) is 0. The predicted octanol–water partition coefficient (Wildman–Crippen LogP) is 3.26. The Balaban J connectivity index is 1.56. The van der Waals surface area contributed by atoms with Gasteiger partial charge in [0.2, 0.25) is 5.91 Å². The molecule has 0 saturated heterocycles. The highest BCUT2D eigenvalue weighted by Crippen LogP contribution is 2.60. The lowest BCUT2D eigenvalue weighted by Crippen LogP contribution is -2.51. The summed E-state index contributed by atoms with van der Waals surface area (Å²) >= 11 is 1.43. The van der Waals surface area contributed by atoms with Gasteiger partial charge in [-0.3, -0.25) is 9.59 Å². The van der Waals surface area contributed by atoms with Crippen LogP contribution < -0.4 is 10.6 Å². The van der Waals surface area contributed by atoms with E-state index in [9.17, 15) is 9.59 Å². The highest BCUT2D eigenvalue weighted by Gasteiger charge is 2.54. The first-order valence-corrected chi connectivity index (χ1v) is 9.08. The van der Waals surface area contributed by atoms with Crippen molar-refractivity contribution < 1.29 is 9.59 Å². The number of amides is 2. The Morgan fingerprint density at radius 3 is 2.27 bits per heavy atom. The minimum atomic E-state index is -0.168. The Morgan fingerprint density at radius 2 is 1.73 bits per heavy atom. The summed E-state index contributed by atoms with van der Waals surface area (Å²) in [4.78, 5) is 24.9. The largest absolute Gasteiger partial charge is 0.355 e. The summed E-state index contributed by atoms with van der Waals surface area (Å²) in [6, 6.07) is 1.78. The molecule has 4 aliphatic carbocycles. The molecule has 0 atom stereocenters. The molecule has 0 radical (unpaired) electrons. The first-order chi connectivity index (χ1) is 10.6. The third kappa shape index (κ3) is 2.18. The van der Waals surface area contributed by atoms with Crippen LogP contribution in [0.2, 0.25) is 0 Å². The van der Waals surface area contributed by atoms with Gasteiger partial charge in [0.05, 0.1) is 11.0 Å². The molecule has 1 aromatic rings. The Hall–Kier alpha value is -1.36. The van der Waals surface area contributed by atoms with Gasteiger partial charge in [0.15, 0.2) is 0 Å². The van der Waals surface area contributed by atoms with Gasteiger partial charge in [0.25, 0.3) is 5.91 Å². The van der Waals surface area contributed by atoms with Crippen molar-refractivity contribution in [2.75, 3.05) is 12.4 Å².